The second-order valence-electron chi connectivity index (χ2n) is 13.6. The quantitative estimate of drug-likeness (QED) is 0.147. The number of ether oxygens (including phenoxy) is 2. The van der Waals surface area contributed by atoms with Gasteiger partial charge in [-0.2, -0.15) is 0 Å². The van der Waals surface area contributed by atoms with Crippen LogP contribution in [0, 0.1) is 13.8 Å². The fraction of sp³-hybridized carbons (Fsp3) is 0.149. The van der Waals surface area contributed by atoms with Gasteiger partial charge in [0.25, 0.3) is 0 Å². The molecule has 9 rings (SSSR count). The van der Waals surface area contributed by atoms with E-state index >= 15 is 0 Å². The van der Waals surface area contributed by atoms with Crippen LogP contribution in [0.2, 0.25) is 0 Å². The number of hydrogen-bond donors (Lipinski definition) is 2. The molecule has 0 saturated heterocycles. The fourth-order valence-corrected chi connectivity index (χ4v) is 10.4. The van der Waals surface area contributed by atoms with E-state index in [4.69, 9.17) is 9.47 Å². The van der Waals surface area contributed by atoms with E-state index in [-0.39, 0.29) is 26.4 Å². The molecule has 0 fully saturated rings. The van der Waals surface area contributed by atoms with Gasteiger partial charge in [-0.05, 0) is 117 Å². The van der Waals surface area contributed by atoms with E-state index in [9.17, 15) is 10.2 Å². The third-order valence-electron chi connectivity index (χ3n) is 10.5. The molecule has 0 aliphatic heterocycles. The van der Waals surface area contributed by atoms with Crippen LogP contribution in [0.4, 0.5) is 0 Å². The van der Waals surface area contributed by atoms with Crippen LogP contribution in [0.25, 0.3) is 52.2 Å². The molecule has 0 radical (unpaired) electrons. The lowest BCUT2D eigenvalue weighted by Crippen LogP contribution is -2.29. The summed E-state index contributed by atoms with van der Waals surface area (Å²) in [7, 11) is 0. The molecule has 0 spiro atoms. The number of aliphatic hydroxyl groups excluding tert-OH is 2. The highest BCUT2D eigenvalue weighted by molar-refractivity contribution is 7.22. The second kappa shape index (κ2) is 13.6. The zero-order valence-corrected chi connectivity index (χ0v) is 31.2. The van der Waals surface area contributed by atoms with Gasteiger partial charge < -0.3 is 19.7 Å². The highest BCUT2D eigenvalue weighted by Crippen LogP contribution is 2.61. The molecule has 2 N–H and O–H groups in total. The highest BCUT2D eigenvalue weighted by Gasteiger charge is 2.48. The van der Waals surface area contributed by atoms with Crippen molar-refractivity contribution in [1.82, 2.24) is 0 Å². The Bertz CT molecular complexity index is 2400. The van der Waals surface area contributed by atoms with Crippen molar-refractivity contribution in [1.29, 1.82) is 0 Å². The van der Waals surface area contributed by atoms with Crippen LogP contribution < -0.4 is 9.47 Å². The largest absolute Gasteiger partial charge is 0.491 e. The van der Waals surface area contributed by atoms with Crippen molar-refractivity contribution < 1.29 is 19.7 Å². The van der Waals surface area contributed by atoms with Gasteiger partial charge in [0, 0.05) is 19.2 Å². The van der Waals surface area contributed by atoms with Gasteiger partial charge in [-0.1, -0.05) is 97.1 Å². The first-order chi connectivity index (χ1) is 26.0. The van der Waals surface area contributed by atoms with Crippen LogP contribution in [0.3, 0.4) is 0 Å². The molecule has 0 amide bonds. The Kier molecular flexibility index (Phi) is 8.64. The number of benzene rings is 6. The van der Waals surface area contributed by atoms with Gasteiger partial charge in [-0.3, -0.25) is 0 Å². The SMILES string of the molecule is Cc1cc(C2(c3ccc(OCCO)c(C)c3)c3cccc(-c4cc5ccccc5s4)c3-c3c(-c4cc5ccccc5s4)cccc32)ccc1OCCO. The topological polar surface area (TPSA) is 58.9 Å². The van der Waals surface area contributed by atoms with E-state index in [1.807, 2.05) is 22.7 Å². The predicted molar refractivity (Wildman–Crippen MR) is 220 cm³/mol. The zero-order chi connectivity index (χ0) is 36.1. The predicted octanol–water partition coefficient (Wildman–Crippen LogP) is 11.2. The van der Waals surface area contributed by atoms with Crippen LogP contribution in [0.5, 0.6) is 11.5 Å². The van der Waals surface area contributed by atoms with E-state index in [2.05, 4.69) is 147 Å². The number of hydrogen-bond acceptors (Lipinski definition) is 6. The molecule has 1 aliphatic carbocycles. The summed E-state index contributed by atoms with van der Waals surface area (Å²) in [6.07, 6.45) is 0. The molecule has 2 heterocycles. The van der Waals surface area contributed by atoms with Gasteiger partial charge in [0.1, 0.15) is 24.7 Å². The van der Waals surface area contributed by atoms with Crippen LogP contribution >= 0.6 is 22.7 Å². The number of fused-ring (bicyclic) bond motifs is 5. The third kappa shape index (κ3) is 5.48. The average molecular weight is 731 g/mol. The first kappa shape index (κ1) is 33.6. The maximum Gasteiger partial charge on any atom is 0.122 e. The summed E-state index contributed by atoms with van der Waals surface area (Å²) >= 11 is 3.68. The Labute approximate surface area is 317 Å². The Balaban J connectivity index is 1.40. The maximum atomic E-state index is 9.54. The standard InChI is InChI=1S/C47H38O4S2/c1-29-25-33(17-19-39(29)50-23-21-48)47(34-18-20-40(30(2)26-34)51-24-22-49)37-13-7-11-35(43-27-31-9-3-5-15-41(31)52-43)45(37)46-36(12-8-14-38(46)47)44-28-32-10-4-6-16-42(32)53-44/h3-20,25-28,48-49H,21-24H2,1-2H3. The van der Waals surface area contributed by atoms with Crippen LogP contribution in [-0.2, 0) is 5.41 Å². The number of thiophene rings is 2. The van der Waals surface area contributed by atoms with Gasteiger partial charge in [0.15, 0.2) is 0 Å². The monoisotopic (exact) mass is 730 g/mol. The minimum absolute atomic E-state index is 0.0448. The number of rotatable bonds is 10. The molecule has 2 aromatic heterocycles. The van der Waals surface area contributed by atoms with Crippen molar-refractivity contribution in [2.24, 2.45) is 0 Å². The Morgan fingerprint density at radius 2 is 0.962 bits per heavy atom. The van der Waals surface area contributed by atoms with Crippen molar-refractivity contribution in [2.45, 2.75) is 19.3 Å². The van der Waals surface area contributed by atoms with Crippen LogP contribution in [-0.4, -0.2) is 36.6 Å². The molecule has 6 aromatic carbocycles. The maximum absolute atomic E-state index is 9.54. The van der Waals surface area contributed by atoms with Gasteiger partial charge in [0.05, 0.1) is 18.6 Å². The average Bonchev–Trinajstić information content (AvgIpc) is 3.90. The molecule has 4 nitrogen and oxygen atoms in total. The lowest BCUT2D eigenvalue weighted by Gasteiger charge is -2.35. The van der Waals surface area contributed by atoms with Crippen molar-refractivity contribution in [3.63, 3.8) is 0 Å². The summed E-state index contributed by atoms with van der Waals surface area (Å²) in [6, 6.07) is 48.6. The van der Waals surface area contributed by atoms with Crippen LogP contribution in [0.1, 0.15) is 33.4 Å². The molecule has 6 heteroatoms. The zero-order valence-electron chi connectivity index (χ0n) is 29.6. The van der Waals surface area contributed by atoms with Crippen molar-refractivity contribution >= 4 is 42.8 Å². The molecular weight excluding hydrogens is 693 g/mol. The van der Waals surface area contributed by atoms with E-state index in [1.54, 1.807) is 0 Å². The summed E-state index contributed by atoms with van der Waals surface area (Å²) in [5, 5.41) is 21.6. The van der Waals surface area contributed by atoms with Crippen molar-refractivity contribution in [3.8, 4) is 43.5 Å². The first-order valence-corrected chi connectivity index (χ1v) is 19.6. The molecule has 0 bridgehead atoms. The van der Waals surface area contributed by atoms with Gasteiger partial charge in [-0.15, -0.1) is 22.7 Å². The summed E-state index contributed by atoms with van der Waals surface area (Å²) in [4.78, 5) is 2.48. The summed E-state index contributed by atoms with van der Waals surface area (Å²) in [6.45, 7) is 4.55. The lowest BCUT2D eigenvalue weighted by molar-refractivity contribution is 0.200. The second-order valence-corrected chi connectivity index (χ2v) is 15.8. The van der Waals surface area contributed by atoms with E-state index in [0.29, 0.717) is 0 Å². The van der Waals surface area contributed by atoms with Gasteiger partial charge in [0.2, 0.25) is 0 Å². The van der Waals surface area contributed by atoms with E-state index < -0.39 is 5.41 Å². The summed E-state index contributed by atoms with van der Waals surface area (Å²) < 4.78 is 14.5. The Hall–Kier alpha value is -5.24. The lowest BCUT2D eigenvalue weighted by atomic mass is 9.67. The third-order valence-corrected chi connectivity index (χ3v) is 12.8. The smallest absolute Gasteiger partial charge is 0.122 e. The fourth-order valence-electron chi connectivity index (χ4n) is 8.24. The van der Waals surface area contributed by atoms with Gasteiger partial charge in [-0.25, -0.2) is 0 Å². The first-order valence-electron chi connectivity index (χ1n) is 18.0. The Morgan fingerprint density at radius 1 is 0.509 bits per heavy atom. The molecule has 0 atom stereocenters. The molecule has 53 heavy (non-hydrogen) atoms. The Morgan fingerprint density at radius 3 is 1.38 bits per heavy atom. The summed E-state index contributed by atoms with van der Waals surface area (Å²) in [5.74, 6) is 1.52. The minimum Gasteiger partial charge on any atom is -0.491 e. The van der Waals surface area contributed by atoms with Gasteiger partial charge >= 0.3 is 0 Å². The molecule has 262 valence electrons. The highest BCUT2D eigenvalue weighted by atomic mass is 32.1. The van der Waals surface area contributed by atoms with Crippen molar-refractivity contribution in [2.75, 3.05) is 26.4 Å². The van der Waals surface area contributed by atoms with Crippen molar-refractivity contribution in [3.05, 3.63) is 167 Å². The number of aryl methyl sites for hydroxylation is 2. The normalized spacial score (nSPS) is 13.0. The molecule has 0 saturated carbocycles. The summed E-state index contributed by atoms with van der Waals surface area (Å²) in [5.41, 5.74) is 11.0. The molecule has 1 aliphatic rings. The molecule has 0 unspecified atom stereocenters. The molecular formula is C47H38O4S2. The van der Waals surface area contributed by atoms with E-state index in [1.165, 1.54) is 63.3 Å². The van der Waals surface area contributed by atoms with E-state index in [0.717, 1.165) is 33.8 Å². The number of aliphatic hydroxyl groups is 2. The van der Waals surface area contributed by atoms with Crippen LogP contribution in [0.15, 0.2) is 133 Å². The molecule has 8 aromatic rings. The minimum atomic E-state index is -0.690.